The van der Waals surface area contributed by atoms with Gasteiger partial charge in [0.05, 0.1) is 11.3 Å². The summed E-state index contributed by atoms with van der Waals surface area (Å²) >= 11 is 3.25. The third-order valence-electron chi connectivity index (χ3n) is 2.30. The van der Waals surface area contributed by atoms with Crippen LogP contribution in [0.2, 0.25) is 0 Å². The van der Waals surface area contributed by atoms with Gasteiger partial charge in [-0.1, -0.05) is 15.9 Å². The van der Waals surface area contributed by atoms with Crippen LogP contribution in [-0.2, 0) is 7.05 Å². The van der Waals surface area contributed by atoms with Crippen molar-refractivity contribution in [1.82, 2.24) is 9.78 Å². The number of benzene rings is 1. The standard InChI is InChI=1S/C12H11BrN2O3/c1-7-3-11(15(2)14-7)18-10-5-8(12(16)17)4-9(13)6-10/h3-6H,1-2H3,(H,16,17). The van der Waals surface area contributed by atoms with Crippen LogP contribution in [0.25, 0.3) is 0 Å². The Morgan fingerprint density at radius 3 is 2.67 bits per heavy atom. The van der Waals surface area contributed by atoms with Crippen LogP contribution in [-0.4, -0.2) is 20.9 Å². The van der Waals surface area contributed by atoms with Gasteiger partial charge in [-0.05, 0) is 25.1 Å². The minimum Gasteiger partial charge on any atom is -0.478 e. The van der Waals surface area contributed by atoms with E-state index in [0.29, 0.717) is 16.1 Å². The zero-order valence-electron chi connectivity index (χ0n) is 9.85. The number of rotatable bonds is 3. The molecular formula is C12H11BrN2O3. The SMILES string of the molecule is Cc1cc(Oc2cc(Br)cc(C(=O)O)c2)n(C)n1. The van der Waals surface area contributed by atoms with E-state index < -0.39 is 5.97 Å². The molecule has 5 nitrogen and oxygen atoms in total. The van der Waals surface area contributed by atoms with Crippen LogP contribution in [0.1, 0.15) is 16.1 Å². The van der Waals surface area contributed by atoms with E-state index in [1.807, 2.05) is 6.92 Å². The summed E-state index contributed by atoms with van der Waals surface area (Å²) in [6.07, 6.45) is 0. The number of carboxylic acid groups (broad SMARTS) is 1. The molecule has 0 amide bonds. The molecule has 18 heavy (non-hydrogen) atoms. The van der Waals surface area contributed by atoms with E-state index in [0.717, 1.165) is 5.69 Å². The van der Waals surface area contributed by atoms with Gasteiger partial charge in [-0.15, -0.1) is 0 Å². The molecule has 1 aromatic carbocycles. The van der Waals surface area contributed by atoms with Crippen molar-refractivity contribution in [2.24, 2.45) is 7.05 Å². The van der Waals surface area contributed by atoms with Gasteiger partial charge in [0.25, 0.3) is 0 Å². The molecule has 0 aliphatic heterocycles. The molecule has 0 bridgehead atoms. The van der Waals surface area contributed by atoms with Crippen LogP contribution < -0.4 is 4.74 Å². The number of aromatic carboxylic acids is 1. The van der Waals surface area contributed by atoms with Crippen LogP contribution in [0.3, 0.4) is 0 Å². The lowest BCUT2D eigenvalue weighted by molar-refractivity contribution is 0.0696. The normalized spacial score (nSPS) is 10.4. The molecule has 0 atom stereocenters. The monoisotopic (exact) mass is 310 g/mol. The molecule has 0 fully saturated rings. The topological polar surface area (TPSA) is 64.3 Å². The Balaban J connectivity index is 2.34. The second-order valence-corrected chi connectivity index (χ2v) is 4.75. The maximum Gasteiger partial charge on any atom is 0.335 e. The highest BCUT2D eigenvalue weighted by Crippen LogP contribution is 2.26. The Bertz CT molecular complexity index is 607. The smallest absolute Gasteiger partial charge is 0.335 e. The summed E-state index contributed by atoms with van der Waals surface area (Å²) in [6, 6.07) is 6.47. The van der Waals surface area contributed by atoms with Gasteiger partial charge in [0, 0.05) is 17.6 Å². The van der Waals surface area contributed by atoms with Gasteiger partial charge < -0.3 is 9.84 Å². The molecule has 0 unspecified atom stereocenters. The van der Waals surface area contributed by atoms with Gasteiger partial charge in [-0.25, -0.2) is 9.48 Å². The van der Waals surface area contributed by atoms with E-state index in [2.05, 4.69) is 21.0 Å². The average molecular weight is 311 g/mol. The Morgan fingerprint density at radius 1 is 1.39 bits per heavy atom. The Hall–Kier alpha value is -1.82. The van der Waals surface area contributed by atoms with Gasteiger partial charge >= 0.3 is 5.97 Å². The van der Waals surface area contributed by atoms with Crippen molar-refractivity contribution >= 4 is 21.9 Å². The first kappa shape index (κ1) is 12.6. The number of nitrogens with zero attached hydrogens (tertiary/aromatic N) is 2. The molecule has 2 aromatic rings. The third-order valence-corrected chi connectivity index (χ3v) is 2.76. The summed E-state index contributed by atoms with van der Waals surface area (Å²) in [5, 5.41) is 13.1. The maximum absolute atomic E-state index is 10.9. The molecule has 94 valence electrons. The number of halogens is 1. The van der Waals surface area contributed by atoms with Crippen LogP contribution in [0, 0.1) is 6.92 Å². The number of carboxylic acids is 1. The highest BCUT2D eigenvalue weighted by atomic mass is 79.9. The van der Waals surface area contributed by atoms with Gasteiger partial charge in [-0.3, -0.25) is 0 Å². The number of ether oxygens (including phenoxy) is 1. The second-order valence-electron chi connectivity index (χ2n) is 3.83. The molecule has 0 saturated heterocycles. The van der Waals surface area contributed by atoms with Crippen molar-refractivity contribution in [3.05, 3.63) is 40.0 Å². The highest BCUT2D eigenvalue weighted by Gasteiger charge is 2.09. The quantitative estimate of drug-likeness (QED) is 0.946. The van der Waals surface area contributed by atoms with Crippen molar-refractivity contribution in [2.45, 2.75) is 6.92 Å². The summed E-state index contributed by atoms with van der Waals surface area (Å²) in [7, 11) is 1.76. The van der Waals surface area contributed by atoms with E-state index in [1.165, 1.54) is 12.1 Å². The van der Waals surface area contributed by atoms with Crippen molar-refractivity contribution in [2.75, 3.05) is 0 Å². The van der Waals surface area contributed by atoms with Crippen molar-refractivity contribution in [3.63, 3.8) is 0 Å². The highest BCUT2D eigenvalue weighted by molar-refractivity contribution is 9.10. The fourth-order valence-corrected chi connectivity index (χ4v) is 2.02. The lowest BCUT2D eigenvalue weighted by Crippen LogP contribution is -1.99. The van der Waals surface area contributed by atoms with Crippen LogP contribution >= 0.6 is 15.9 Å². The predicted octanol–water partition coefficient (Wildman–Crippen LogP) is 2.98. The Labute approximate surface area is 112 Å². The molecule has 2 rings (SSSR count). The summed E-state index contributed by atoms with van der Waals surface area (Å²) in [6.45, 7) is 1.86. The van der Waals surface area contributed by atoms with Crippen molar-refractivity contribution in [1.29, 1.82) is 0 Å². The predicted molar refractivity (Wildman–Crippen MR) is 69.1 cm³/mol. The molecule has 6 heteroatoms. The minimum absolute atomic E-state index is 0.165. The summed E-state index contributed by atoms with van der Waals surface area (Å²) in [5.74, 6) is 0.00838. The second kappa shape index (κ2) is 4.81. The number of hydrogen-bond donors (Lipinski definition) is 1. The average Bonchev–Trinajstić information content (AvgIpc) is 2.56. The Kier molecular flexibility index (Phi) is 3.38. The van der Waals surface area contributed by atoms with E-state index >= 15 is 0 Å². The first-order valence-corrected chi connectivity index (χ1v) is 5.97. The van der Waals surface area contributed by atoms with E-state index in [9.17, 15) is 4.79 Å². The number of hydrogen-bond acceptors (Lipinski definition) is 3. The fraction of sp³-hybridized carbons (Fsp3) is 0.167. The van der Waals surface area contributed by atoms with Gasteiger partial charge in [0.15, 0.2) is 0 Å². The van der Waals surface area contributed by atoms with Crippen LogP contribution in [0.4, 0.5) is 0 Å². The van der Waals surface area contributed by atoms with Crippen molar-refractivity contribution < 1.29 is 14.6 Å². The molecule has 0 aliphatic carbocycles. The first-order chi connectivity index (χ1) is 8.45. The zero-order valence-corrected chi connectivity index (χ0v) is 11.4. The number of carbonyl (C=O) groups is 1. The summed E-state index contributed by atoms with van der Waals surface area (Å²) in [4.78, 5) is 10.9. The zero-order chi connectivity index (χ0) is 13.3. The molecular weight excluding hydrogens is 300 g/mol. The summed E-state index contributed by atoms with van der Waals surface area (Å²) < 4.78 is 7.85. The van der Waals surface area contributed by atoms with Gasteiger partial charge in [-0.2, -0.15) is 5.10 Å². The molecule has 1 N–H and O–H groups in total. The Morgan fingerprint density at radius 2 is 2.11 bits per heavy atom. The van der Waals surface area contributed by atoms with E-state index in [1.54, 1.807) is 23.9 Å². The maximum atomic E-state index is 10.9. The van der Waals surface area contributed by atoms with Crippen molar-refractivity contribution in [3.8, 4) is 11.6 Å². The fourth-order valence-electron chi connectivity index (χ4n) is 1.55. The van der Waals surface area contributed by atoms with E-state index in [-0.39, 0.29) is 5.56 Å². The molecule has 0 radical (unpaired) electrons. The minimum atomic E-state index is -0.998. The number of aromatic nitrogens is 2. The largest absolute Gasteiger partial charge is 0.478 e. The molecule has 1 heterocycles. The van der Waals surface area contributed by atoms with Crippen LogP contribution in [0.5, 0.6) is 11.6 Å². The molecule has 1 aromatic heterocycles. The van der Waals surface area contributed by atoms with Crippen LogP contribution in [0.15, 0.2) is 28.7 Å². The first-order valence-electron chi connectivity index (χ1n) is 5.18. The van der Waals surface area contributed by atoms with E-state index in [4.69, 9.17) is 9.84 Å². The molecule has 0 spiro atoms. The van der Waals surface area contributed by atoms with Gasteiger partial charge in [0.2, 0.25) is 5.88 Å². The lowest BCUT2D eigenvalue weighted by atomic mass is 10.2. The lowest BCUT2D eigenvalue weighted by Gasteiger charge is -2.07. The van der Waals surface area contributed by atoms with Gasteiger partial charge in [0.1, 0.15) is 5.75 Å². The third kappa shape index (κ3) is 2.70. The molecule has 0 saturated carbocycles. The molecule has 0 aliphatic rings. The number of aryl methyl sites for hydroxylation is 2. The summed E-state index contributed by atoms with van der Waals surface area (Å²) in [5.41, 5.74) is 0.999.